The van der Waals surface area contributed by atoms with Gasteiger partial charge in [-0.15, -0.1) is 0 Å². The molecule has 3 rings (SSSR count). The molecular weight excluding hydrogens is 356 g/mol. The molecule has 6 heteroatoms. The van der Waals surface area contributed by atoms with Gasteiger partial charge in [0.1, 0.15) is 13.2 Å². The molecular formula is C22H24N2O4. The summed E-state index contributed by atoms with van der Waals surface area (Å²) in [5.41, 5.74) is 4.74. The zero-order valence-corrected chi connectivity index (χ0v) is 15.6. The van der Waals surface area contributed by atoms with Crippen LogP contribution < -0.4 is 10.6 Å². The Kier molecular flexibility index (Phi) is 6.81. The van der Waals surface area contributed by atoms with E-state index in [-0.39, 0.29) is 31.6 Å². The summed E-state index contributed by atoms with van der Waals surface area (Å²) in [4.78, 5) is 23.3. The first-order valence-electron chi connectivity index (χ1n) is 9.26. The van der Waals surface area contributed by atoms with Gasteiger partial charge in [-0.3, -0.25) is 4.79 Å². The standard InChI is InChI=1S/C22H24N2O4/c1-2-13-27-21(25)14-23-11-12-24-22(26)28-15-20-18-9-5-3-7-16(18)17-8-4-6-10-19(17)20/h2-10,20,23H,1,11-15H2,(H,24,26). The van der Waals surface area contributed by atoms with Gasteiger partial charge in [0.25, 0.3) is 0 Å². The Hall–Kier alpha value is -3.12. The lowest BCUT2D eigenvalue weighted by atomic mass is 9.98. The van der Waals surface area contributed by atoms with Crippen LogP contribution in [0, 0.1) is 0 Å². The minimum atomic E-state index is -0.474. The summed E-state index contributed by atoms with van der Waals surface area (Å²) >= 11 is 0. The van der Waals surface area contributed by atoms with Crippen molar-refractivity contribution in [2.75, 3.05) is 32.8 Å². The van der Waals surface area contributed by atoms with Gasteiger partial charge in [-0.2, -0.15) is 0 Å². The summed E-state index contributed by atoms with van der Waals surface area (Å²) in [6.07, 6.45) is 1.04. The molecule has 0 saturated carbocycles. The molecule has 1 aliphatic rings. The van der Waals surface area contributed by atoms with Crippen molar-refractivity contribution in [3.8, 4) is 11.1 Å². The maximum Gasteiger partial charge on any atom is 0.407 e. The third-order valence-electron chi connectivity index (χ3n) is 4.55. The molecule has 1 amide bonds. The first kappa shape index (κ1) is 19.6. The van der Waals surface area contributed by atoms with Crippen LogP contribution in [0.2, 0.25) is 0 Å². The maximum atomic E-state index is 12.0. The molecule has 0 radical (unpaired) electrons. The lowest BCUT2D eigenvalue weighted by molar-refractivity contribution is -0.141. The van der Waals surface area contributed by atoms with E-state index in [0.29, 0.717) is 13.1 Å². The van der Waals surface area contributed by atoms with Crippen LogP contribution in [0.5, 0.6) is 0 Å². The molecule has 2 N–H and O–H groups in total. The van der Waals surface area contributed by atoms with E-state index in [0.717, 1.165) is 0 Å². The third kappa shape index (κ3) is 4.78. The van der Waals surface area contributed by atoms with Gasteiger partial charge in [-0.05, 0) is 22.3 Å². The predicted octanol–water partition coefficient (Wildman–Crippen LogP) is 2.84. The molecule has 1 aliphatic carbocycles. The fraction of sp³-hybridized carbons (Fsp3) is 0.273. The average Bonchev–Trinajstić information content (AvgIpc) is 3.04. The number of hydrogen-bond acceptors (Lipinski definition) is 5. The molecule has 0 aliphatic heterocycles. The lowest BCUT2D eigenvalue weighted by Gasteiger charge is -2.14. The lowest BCUT2D eigenvalue weighted by Crippen LogP contribution is -2.35. The highest BCUT2D eigenvalue weighted by atomic mass is 16.5. The fourth-order valence-electron chi connectivity index (χ4n) is 3.30. The Bertz CT molecular complexity index is 804. The first-order valence-corrected chi connectivity index (χ1v) is 9.26. The number of carbonyl (C=O) groups excluding carboxylic acids is 2. The van der Waals surface area contributed by atoms with Crippen LogP contribution in [0.4, 0.5) is 4.79 Å². The van der Waals surface area contributed by atoms with E-state index in [1.165, 1.54) is 28.3 Å². The second-order valence-corrected chi connectivity index (χ2v) is 6.40. The molecule has 6 nitrogen and oxygen atoms in total. The van der Waals surface area contributed by atoms with Crippen LogP contribution in [0.3, 0.4) is 0 Å². The van der Waals surface area contributed by atoms with Crippen LogP contribution >= 0.6 is 0 Å². The zero-order chi connectivity index (χ0) is 19.8. The van der Waals surface area contributed by atoms with Gasteiger partial charge in [0, 0.05) is 19.0 Å². The van der Waals surface area contributed by atoms with E-state index in [4.69, 9.17) is 9.47 Å². The molecule has 0 saturated heterocycles. The number of esters is 1. The number of ether oxygens (including phenoxy) is 2. The fourth-order valence-corrected chi connectivity index (χ4v) is 3.30. The highest BCUT2D eigenvalue weighted by Crippen LogP contribution is 2.44. The second kappa shape index (κ2) is 9.71. The van der Waals surface area contributed by atoms with E-state index >= 15 is 0 Å². The summed E-state index contributed by atoms with van der Waals surface area (Å²) in [5, 5.41) is 5.57. The van der Waals surface area contributed by atoms with Crippen molar-refractivity contribution in [1.29, 1.82) is 0 Å². The number of benzene rings is 2. The van der Waals surface area contributed by atoms with Gasteiger partial charge in [0.2, 0.25) is 0 Å². The molecule has 2 aromatic rings. The van der Waals surface area contributed by atoms with Crippen LogP contribution in [0.1, 0.15) is 17.0 Å². The normalized spacial score (nSPS) is 12.0. The predicted molar refractivity (Wildman–Crippen MR) is 107 cm³/mol. The molecule has 2 aromatic carbocycles. The van der Waals surface area contributed by atoms with Gasteiger partial charge in [0.15, 0.2) is 0 Å². The first-order chi connectivity index (χ1) is 13.7. The Morgan fingerprint density at radius 3 is 2.25 bits per heavy atom. The monoisotopic (exact) mass is 380 g/mol. The summed E-state index contributed by atoms with van der Waals surface area (Å²) in [6, 6.07) is 16.4. The quantitative estimate of drug-likeness (QED) is 0.397. The van der Waals surface area contributed by atoms with Crippen molar-refractivity contribution in [2.45, 2.75) is 5.92 Å². The van der Waals surface area contributed by atoms with Crippen LogP contribution in [-0.4, -0.2) is 44.9 Å². The zero-order valence-electron chi connectivity index (χ0n) is 15.6. The Morgan fingerprint density at radius 1 is 0.964 bits per heavy atom. The van der Waals surface area contributed by atoms with Crippen molar-refractivity contribution < 1.29 is 19.1 Å². The average molecular weight is 380 g/mol. The van der Waals surface area contributed by atoms with Gasteiger partial charge in [-0.1, -0.05) is 61.2 Å². The minimum Gasteiger partial charge on any atom is -0.461 e. The van der Waals surface area contributed by atoms with Crippen molar-refractivity contribution in [1.82, 2.24) is 10.6 Å². The molecule has 0 unspecified atom stereocenters. The second-order valence-electron chi connectivity index (χ2n) is 6.40. The Morgan fingerprint density at radius 2 is 1.61 bits per heavy atom. The molecule has 0 fully saturated rings. The molecule has 28 heavy (non-hydrogen) atoms. The summed E-state index contributed by atoms with van der Waals surface area (Å²) in [6.45, 7) is 4.82. The SMILES string of the molecule is C=CCOC(=O)CNCCNC(=O)OCC1c2ccccc2-c2ccccc21. The van der Waals surface area contributed by atoms with Crippen molar-refractivity contribution in [2.24, 2.45) is 0 Å². The number of amides is 1. The van der Waals surface area contributed by atoms with Crippen molar-refractivity contribution in [3.05, 3.63) is 72.3 Å². The van der Waals surface area contributed by atoms with E-state index in [2.05, 4.69) is 41.5 Å². The molecule has 146 valence electrons. The minimum absolute atomic E-state index is 0.0379. The highest BCUT2D eigenvalue weighted by Gasteiger charge is 2.28. The number of carbonyl (C=O) groups is 2. The summed E-state index contributed by atoms with van der Waals surface area (Å²) in [7, 11) is 0. The van der Waals surface area contributed by atoms with E-state index in [9.17, 15) is 9.59 Å². The number of nitrogens with one attached hydrogen (secondary N) is 2. The number of alkyl carbamates (subject to hydrolysis) is 1. The maximum absolute atomic E-state index is 12.0. The number of rotatable bonds is 9. The third-order valence-corrected chi connectivity index (χ3v) is 4.55. The van der Waals surface area contributed by atoms with Gasteiger partial charge in [0.05, 0.1) is 6.54 Å². The molecule has 0 aromatic heterocycles. The molecule has 0 heterocycles. The number of hydrogen-bond donors (Lipinski definition) is 2. The van der Waals surface area contributed by atoms with Gasteiger partial charge >= 0.3 is 12.1 Å². The van der Waals surface area contributed by atoms with E-state index in [1.54, 1.807) is 0 Å². The summed E-state index contributed by atoms with van der Waals surface area (Å²) < 4.78 is 10.3. The van der Waals surface area contributed by atoms with Crippen LogP contribution in [0.25, 0.3) is 11.1 Å². The van der Waals surface area contributed by atoms with E-state index < -0.39 is 6.09 Å². The highest BCUT2D eigenvalue weighted by molar-refractivity contribution is 5.79. The van der Waals surface area contributed by atoms with Crippen LogP contribution in [0.15, 0.2) is 61.2 Å². The molecule has 0 atom stereocenters. The Labute approximate surface area is 164 Å². The van der Waals surface area contributed by atoms with Crippen molar-refractivity contribution >= 4 is 12.1 Å². The molecule has 0 bridgehead atoms. The van der Waals surface area contributed by atoms with Crippen LogP contribution in [-0.2, 0) is 14.3 Å². The van der Waals surface area contributed by atoms with Gasteiger partial charge in [-0.25, -0.2) is 4.79 Å². The molecule has 0 spiro atoms. The van der Waals surface area contributed by atoms with E-state index in [1.807, 2.05) is 24.3 Å². The largest absolute Gasteiger partial charge is 0.461 e. The topological polar surface area (TPSA) is 76.7 Å². The summed E-state index contributed by atoms with van der Waals surface area (Å²) in [5.74, 6) is -0.322. The van der Waals surface area contributed by atoms with Gasteiger partial charge < -0.3 is 20.1 Å². The van der Waals surface area contributed by atoms with Crippen molar-refractivity contribution in [3.63, 3.8) is 0 Å². The number of fused-ring (bicyclic) bond motifs is 3. The Balaban J connectivity index is 1.43. The smallest absolute Gasteiger partial charge is 0.407 e.